The monoisotopic (exact) mass is 259 g/mol. The van der Waals surface area contributed by atoms with E-state index in [-0.39, 0.29) is 0 Å². The second-order valence-corrected chi connectivity index (χ2v) is 4.58. The Morgan fingerprint density at radius 2 is 2.26 bits per heavy atom. The van der Waals surface area contributed by atoms with Gasteiger partial charge in [0.2, 0.25) is 0 Å². The lowest BCUT2D eigenvalue weighted by Crippen LogP contribution is -2.11. The van der Waals surface area contributed by atoms with Gasteiger partial charge in [0.1, 0.15) is 6.61 Å². The molecule has 2 aromatic rings. The van der Waals surface area contributed by atoms with Gasteiger partial charge in [0.15, 0.2) is 5.75 Å². The SMILES string of the molecule is CCCn1cc(OCCNc2cccc(C)c2)cn1. The molecule has 1 aromatic carbocycles. The summed E-state index contributed by atoms with van der Waals surface area (Å²) in [6.45, 7) is 6.57. The first kappa shape index (κ1) is 13.5. The summed E-state index contributed by atoms with van der Waals surface area (Å²) in [6.07, 6.45) is 4.79. The van der Waals surface area contributed by atoms with Crippen LogP contribution in [0.15, 0.2) is 36.7 Å². The third-order valence-electron chi connectivity index (χ3n) is 2.78. The summed E-state index contributed by atoms with van der Waals surface area (Å²) in [7, 11) is 0. The second-order valence-electron chi connectivity index (χ2n) is 4.58. The summed E-state index contributed by atoms with van der Waals surface area (Å²) in [6, 6.07) is 8.32. The van der Waals surface area contributed by atoms with Crippen LogP contribution in [0.25, 0.3) is 0 Å². The zero-order valence-electron chi connectivity index (χ0n) is 11.6. The smallest absolute Gasteiger partial charge is 0.157 e. The molecule has 1 heterocycles. The Hall–Kier alpha value is -1.97. The topological polar surface area (TPSA) is 39.1 Å². The van der Waals surface area contributed by atoms with Gasteiger partial charge in [-0.1, -0.05) is 19.1 Å². The largest absolute Gasteiger partial charge is 0.488 e. The van der Waals surface area contributed by atoms with Crippen LogP contribution in [0, 0.1) is 6.92 Å². The van der Waals surface area contributed by atoms with Crippen molar-refractivity contribution >= 4 is 5.69 Å². The predicted molar refractivity (Wildman–Crippen MR) is 77.7 cm³/mol. The average molecular weight is 259 g/mol. The number of hydrogen-bond acceptors (Lipinski definition) is 3. The lowest BCUT2D eigenvalue weighted by atomic mass is 10.2. The number of benzene rings is 1. The molecule has 0 aliphatic rings. The van der Waals surface area contributed by atoms with Crippen molar-refractivity contribution in [3.63, 3.8) is 0 Å². The van der Waals surface area contributed by atoms with Gasteiger partial charge >= 0.3 is 0 Å². The molecule has 4 nitrogen and oxygen atoms in total. The quantitative estimate of drug-likeness (QED) is 0.777. The molecule has 4 heteroatoms. The molecule has 0 atom stereocenters. The van der Waals surface area contributed by atoms with Gasteiger partial charge in [0.05, 0.1) is 12.4 Å². The summed E-state index contributed by atoms with van der Waals surface area (Å²) in [5.74, 6) is 0.833. The first-order valence-electron chi connectivity index (χ1n) is 6.73. The van der Waals surface area contributed by atoms with Crippen molar-refractivity contribution in [2.24, 2.45) is 0 Å². The molecule has 0 aliphatic carbocycles. The fourth-order valence-electron chi connectivity index (χ4n) is 1.89. The van der Waals surface area contributed by atoms with Crippen molar-refractivity contribution in [1.29, 1.82) is 0 Å². The molecule has 0 saturated heterocycles. The molecule has 0 amide bonds. The number of ether oxygens (including phenoxy) is 1. The molecule has 0 aliphatic heterocycles. The first-order chi connectivity index (χ1) is 9.28. The van der Waals surface area contributed by atoms with Gasteiger partial charge in [0.25, 0.3) is 0 Å². The molecule has 0 radical (unpaired) electrons. The molecular weight excluding hydrogens is 238 g/mol. The van der Waals surface area contributed by atoms with Gasteiger partial charge in [-0.15, -0.1) is 0 Å². The molecule has 0 fully saturated rings. The predicted octanol–water partition coefficient (Wildman–Crippen LogP) is 3.09. The lowest BCUT2D eigenvalue weighted by Gasteiger charge is -2.07. The number of hydrogen-bond donors (Lipinski definition) is 1. The van der Waals surface area contributed by atoms with Gasteiger partial charge < -0.3 is 10.1 Å². The third-order valence-corrected chi connectivity index (χ3v) is 2.78. The third kappa shape index (κ3) is 4.32. The van der Waals surface area contributed by atoms with Gasteiger partial charge in [-0.25, -0.2) is 0 Å². The number of anilines is 1. The lowest BCUT2D eigenvalue weighted by molar-refractivity contribution is 0.332. The maximum Gasteiger partial charge on any atom is 0.157 e. The molecule has 0 saturated carbocycles. The second kappa shape index (κ2) is 6.83. The van der Waals surface area contributed by atoms with E-state index in [4.69, 9.17) is 4.74 Å². The molecule has 0 unspecified atom stereocenters. The first-order valence-corrected chi connectivity index (χ1v) is 6.73. The van der Waals surface area contributed by atoms with Crippen molar-refractivity contribution in [1.82, 2.24) is 9.78 Å². The van der Waals surface area contributed by atoms with Crippen LogP contribution in [0.2, 0.25) is 0 Å². The van der Waals surface area contributed by atoms with Crippen LogP contribution in [0.3, 0.4) is 0 Å². The van der Waals surface area contributed by atoms with Crippen molar-refractivity contribution in [3.8, 4) is 5.75 Å². The van der Waals surface area contributed by atoms with Crippen molar-refractivity contribution in [2.45, 2.75) is 26.8 Å². The number of rotatable bonds is 7. The molecule has 1 N–H and O–H groups in total. The number of nitrogens with one attached hydrogen (secondary N) is 1. The van der Waals surface area contributed by atoms with Crippen molar-refractivity contribution in [2.75, 3.05) is 18.5 Å². The van der Waals surface area contributed by atoms with E-state index < -0.39 is 0 Å². The highest BCUT2D eigenvalue weighted by atomic mass is 16.5. The molecule has 0 spiro atoms. The number of aryl methyl sites for hydroxylation is 2. The summed E-state index contributed by atoms with van der Waals surface area (Å²) in [4.78, 5) is 0. The highest BCUT2D eigenvalue weighted by molar-refractivity contribution is 5.45. The zero-order chi connectivity index (χ0) is 13.5. The Bertz CT molecular complexity index is 508. The van der Waals surface area contributed by atoms with Crippen LogP contribution in [-0.2, 0) is 6.54 Å². The Labute approximate surface area is 114 Å². The van der Waals surface area contributed by atoms with Crippen LogP contribution in [0.1, 0.15) is 18.9 Å². The Balaban J connectivity index is 1.71. The molecule has 0 bridgehead atoms. The highest BCUT2D eigenvalue weighted by Crippen LogP contribution is 2.10. The van der Waals surface area contributed by atoms with Crippen LogP contribution < -0.4 is 10.1 Å². The summed E-state index contributed by atoms with van der Waals surface area (Å²) in [5, 5.41) is 7.56. The molecule has 102 valence electrons. The number of aromatic nitrogens is 2. The average Bonchev–Trinajstić information content (AvgIpc) is 2.83. The maximum absolute atomic E-state index is 5.64. The summed E-state index contributed by atoms with van der Waals surface area (Å²) >= 11 is 0. The zero-order valence-corrected chi connectivity index (χ0v) is 11.6. The minimum absolute atomic E-state index is 0.631. The molecule has 2 rings (SSSR count). The van der Waals surface area contributed by atoms with Crippen LogP contribution >= 0.6 is 0 Å². The van der Waals surface area contributed by atoms with E-state index in [2.05, 4.69) is 42.5 Å². The van der Waals surface area contributed by atoms with E-state index >= 15 is 0 Å². The normalized spacial score (nSPS) is 10.4. The molecule has 19 heavy (non-hydrogen) atoms. The maximum atomic E-state index is 5.64. The molecular formula is C15H21N3O. The Morgan fingerprint density at radius 3 is 3.05 bits per heavy atom. The van der Waals surface area contributed by atoms with E-state index in [1.807, 2.05) is 16.9 Å². The van der Waals surface area contributed by atoms with E-state index in [0.29, 0.717) is 6.61 Å². The van der Waals surface area contributed by atoms with Crippen LogP contribution in [0.5, 0.6) is 5.75 Å². The molecule has 1 aromatic heterocycles. The minimum Gasteiger partial charge on any atom is -0.488 e. The van der Waals surface area contributed by atoms with Gasteiger partial charge in [-0.05, 0) is 31.0 Å². The van der Waals surface area contributed by atoms with Gasteiger partial charge in [0, 0.05) is 18.8 Å². The van der Waals surface area contributed by atoms with Gasteiger partial charge in [-0.2, -0.15) is 5.10 Å². The standard InChI is InChI=1S/C15H21N3O/c1-3-8-18-12-15(11-17-18)19-9-7-16-14-6-4-5-13(2)10-14/h4-6,10-12,16H,3,7-9H2,1-2H3. The van der Waals surface area contributed by atoms with Crippen molar-refractivity contribution in [3.05, 3.63) is 42.2 Å². The highest BCUT2D eigenvalue weighted by Gasteiger charge is 1.98. The fourth-order valence-corrected chi connectivity index (χ4v) is 1.89. The Morgan fingerprint density at radius 1 is 1.37 bits per heavy atom. The van der Waals surface area contributed by atoms with Crippen LogP contribution in [0.4, 0.5) is 5.69 Å². The van der Waals surface area contributed by atoms with Crippen molar-refractivity contribution < 1.29 is 4.74 Å². The van der Waals surface area contributed by atoms with E-state index in [1.165, 1.54) is 5.56 Å². The Kier molecular flexibility index (Phi) is 4.84. The van der Waals surface area contributed by atoms with Gasteiger partial charge in [-0.3, -0.25) is 4.68 Å². The summed E-state index contributed by atoms with van der Waals surface area (Å²) < 4.78 is 7.55. The summed E-state index contributed by atoms with van der Waals surface area (Å²) in [5.41, 5.74) is 2.39. The fraction of sp³-hybridized carbons (Fsp3) is 0.400. The van der Waals surface area contributed by atoms with Crippen LogP contribution in [-0.4, -0.2) is 22.9 Å². The number of nitrogens with zero attached hydrogens (tertiary/aromatic N) is 2. The minimum atomic E-state index is 0.631. The van der Waals surface area contributed by atoms with E-state index in [1.54, 1.807) is 6.20 Å². The van der Waals surface area contributed by atoms with E-state index in [9.17, 15) is 0 Å². The van der Waals surface area contributed by atoms with E-state index in [0.717, 1.165) is 30.9 Å².